The van der Waals surface area contributed by atoms with Gasteiger partial charge in [0.05, 0.1) is 0 Å². The Hall–Kier alpha value is -3.77. The van der Waals surface area contributed by atoms with Gasteiger partial charge in [0.1, 0.15) is 11.4 Å². The van der Waals surface area contributed by atoms with Crippen LogP contribution in [0.3, 0.4) is 0 Å². The first-order chi connectivity index (χ1) is 16.8. The SMILES string of the molecule is CCc1ccc(-c2nnc3ccccn23)nc1.CCc1ccc(-c2nnc3ccccn23)nc1.[Pt]. The van der Waals surface area contributed by atoms with Gasteiger partial charge in [-0.15, -0.1) is 20.4 Å². The van der Waals surface area contributed by atoms with Crippen LogP contribution in [0.15, 0.2) is 85.5 Å². The van der Waals surface area contributed by atoms with Crippen molar-refractivity contribution in [2.75, 3.05) is 0 Å². The molecule has 0 spiro atoms. The maximum Gasteiger partial charge on any atom is 0.186 e. The normalized spacial score (nSPS) is 10.6. The summed E-state index contributed by atoms with van der Waals surface area (Å²) in [5.41, 5.74) is 5.82. The Kier molecular flexibility index (Phi) is 7.73. The van der Waals surface area contributed by atoms with Gasteiger partial charge in [-0.3, -0.25) is 18.8 Å². The van der Waals surface area contributed by atoms with Crippen molar-refractivity contribution in [3.05, 3.63) is 96.6 Å². The minimum absolute atomic E-state index is 0. The van der Waals surface area contributed by atoms with Crippen LogP contribution in [0.5, 0.6) is 0 Å². The van der Waals surface area contributed by atoms with E-state index in [4.69, 9.17) is 0 Å². The number of rotatable bonds is 4. The number of nitrogens with zero attached hydrogens (tertiary/aromatic N) is 8. The van der Waals surface area contributed by atoms with E-state index in [2.05, 4.69) is 56.3 Å². The van der Waals surface area contributed by atoms with Gasteiger partial charge >= 0.3 is 0 Å². The fourth-order valence-corrected chi connectivity index (χ4v) is 3.56. The van der Waals surface area contributed by atoms with Crippen LogP contribution in [0.25, 0.3) is 34.3 Å². The zero-order valence-electron chi connectivity index (χ0n) is 19.4. The Balaban J connectivity index is 0.000000160. The van der Waals surface area contributed by atoms with Crippen LogP contribution in [0.2, 0.25) is 0 Å². The van der Waals surface area contributed by atoms with Gasteiger partial charge < -0.3 is 0 Å². The molecule has 6 heterocycles. The van der Waals surface area contributed by atoms with Gasteiger partial charge in [-0.05, 0) is 60.4 Å². The Labute approximate surface area is 217 Å². The van der Waals surface area contributed by atoms with Gasteiger partial charge in [0.15, 0.2) is 22.9 Å². The second-order valence-electron chi connectivity index (χ2n) is 7.72. The molecule has 35 heavy (non-hydrogen) atoms. The zero-order valence-corrected chi connectivity index (χ0v) is 21.7. The van der Waals surface area contributed by atoms with Gasteiger partial charge in [-0.2, -0.15) is 0 Å². The molecule has 0 N–H and O–H groups in total. The topological polar surface area (TPSA) is 86.2 Å². The Morgan fingerprint density at radius 2 is 1.03 bits per heavy atom. The molecule has 0 aliphatic carbocycles. The summed E-state index contributed by atoms with van der Waals surface area (Å²) in [4.78, 5) is 8.84. The third kappa shape index (κ3) is 5.17. The van der Waals surface area contributed by atoms with Crippen molar-refractivity contribution in [2.24, 2.45) is 0 Å². The summed E-state index contributed by atoms with van der Waals surface area (Å²) in [6.45, 7) is 4.23. The molecule has 6 aromatic rings. The molecule has 0 atom stereocenters. The van der Waals surface area contributed by atoms with Gasteiger partial charge in [0.2, 0.25) is 0 Å². The van der Waals surface area contributed by atoms with Crippen molar-refractivity contribution < 1.29 is 21.1 Å². The molecule has 6 aromatic heterocycles. The number of hydrogen-bond acceptors (Lipinski definition) is 6. The molecule has 0 bridgehead atoms. The predicted octanol–water partition coefficient (Wildman–Crippen LogP) is 4.70. The molecule has 0 aliphatic heterocycles. The van der Waals surface area contributed by atoms with E-state index in [1.165, 1.54) is 11.1 Å². The molecule has 9 heteroatoms. The number of aryl methyl sites for hydroxylation is 2. The summed E-state index contributed by atoms with van der Waals surface area (Å²) in [5.74, 6) is 1.56. The standard InChI is InChI=1S/2C13H12N4.Pt/c2*1-2-10-6-7-11(14-9-10)13-16-15-12-5-3-4-8-17(12)13;/h2*3-9H,2H2,1H3;. The molecule has 0 fully saturated rings. The summed E-state index contributed by atoms with van der Waals surface area (Å²) < 4.78 is 3.88. The third-order valence-electron chi connectivity index (χ3n) is 5.55. The quantitative estimate of drug-likeness (QED) is 0.277. The molecule has 0 radical (unpaired) electrons. The van der Waals surface area contributed by atoms with Crippen molar-refractivity contribution in [1.29, 1.82) is 0 Å². The van der Waals surface area contributed by atoms with Crippen molar-refractivity contribution in [3.63, 3.8) is 0 Å². The number of hydrogen-bond donors (Lipinski definition) is 0. The molecule has 0 aromatic carbocycles. The van der Waals surface area contributed by atoms with Crippen molar-refractivity contribution in [2.45, 2.75) is 26.7 Å². The molecular weight excluding hydrogens is 619 g/mol. The van der Waals surface area contributed by atoms with Crippen LogP contribution in [-0.4, -0.2) is 39.2 Å². The molecule has 0 saturated heterocycles. The van der Waals surface area contributed by atoms with E-state index in [1.54, 1.807) is 0 Å². The monoisotopic (exact) mass is 643 g/mol. The van der Waals surface area contributed by atoms with Crippen LogP contribution in [-0.2, 0) is 33.9 Å². The Morgan fingerprint density at radius 3 is 1.40 bits per heavy atom. The minimum atomic E-state index is 0. The first-order valence-electron chi connectivity index (χ1n) is 11.3. The van der Waals surface area contributed by atoms with Crippen molar-refractivity contribution >= 4 is 11.3 Å². The smallest absolute Gasteiger partial charge is 0.186 e. The molecule has 0 aliphatic rings. The van der Waals surface area contributed by atoms with Gasteiger partial charge in [-0.25, -0.2) is 0 Å². The van der Waals surface area contributed by atoms with Crippen molar-refractivity contribution in [1.82, 2.24) is 39.2 Å². The van der Waals surface area contributed by atoms with Gasteiger partial charge in [0.25, 0.3) is 0 Å². The molecule has 0 amide bonds. The van der Waals surface area contributed by atoms with E-state index < -0.39 is 0 Å². The van der Waals surface area contributed by atoms with E-state index in [9.17, 15) is 0 Å². The first kappa shape index (κ1) is 24.4. The molecule has 0 unspecified atom stereocenters. The summed E-state index contributed by atoms with van der Waals surface area (Å²) in [6, 6.07) is 19.8. The molecule has 6 rings (SSSR count). The molecule has 8 nitrogen and oxygen atoms in total. The largest absolute Gasteiger partial charge is 0.281 e. The second-order valence-corrected chi connectivity index (χ2v) is 7.72. The number of pyridine rings is 4. The Bertz CT molecular complexity index is 1400. The molecule has 0 saturated carbocycles. The summed E-state index contributed by atoms with van der Waals surface area (Å²) in [6.07, 6.45) is 9.65. The fraction of sp³-hybridized carbons (Fsp3) is 0.154. The fourth-order valence-electron chi connectivity index (χ4n) is 3.56. The van der Waals surface area contributed by atoms with Gasteiger partial charge in [-0.1, -0.05) is 38.1 Å². The van der Waals surface area contributed by atoms with Crippen LogP contribution in [0.1, 0.15) is 25.0 Å². The molecular formula is C26H24N8Pt. The van der Waals surface area contributed by atoms with Crippen LogP contribution >= 0.6 is 0 Å². The van der Waals surface area contributed by atoms with E-state index in [0.717, 1.165) is 47.2 Å². The second kappa shape index (κ2) is 11.1. The van der Waals surface area contributed by atoms with Gasteiger partial charge in [0, 0.05) is 45.9 Å². The summed E-state index contributed by atoms with van der Waals surface area (Å²) in [5, 5.41) is 16.6. The maximum atomic E-state index is 4.42. The van der Waals surface area contributed by atoms with E-state index in [1.807, 2.05) is 82.1 Å². The van der Waals surface area contributed by atoms with Crippen molar-refractivity contribution in [3.8, 4) is 23.0 Å². The van der Waals surface area contributed by atoms with Crippen LogP contribution < -0.4 is 0 Å². The molecule has 178 valence electrons. The van der Waals surface area contributed by atoms with E-state index in [0.29, 0.717) is 0 Å². The predicted molar refractivity (Wildman–Crippen MR) is 131 cm³/mol. The minimum Gasteiger partial charge on any atom is -0.281 e. The average molecular weight is 644 g/mol. The Morgan fingerprint density at radius 1 is 0.571 bits per heavy atom. The third-order valence-corrected chi connectivity index (χ3v) is 5.55. The van der Waals surface area contributed by atoms with Crippen LogP contribution in [0.4, 0.5) is 0 Å². The van der Waals surface area contributed by atoms with Crippen LogP contribution in [0, 0.1) is 0 Å². The number of aromatic nitrogens is 8. The number of fused-ring (bicyclic) bond motifs is 2. The summed E-state index contributed by atoms with van der Waals surface area (Å²) >= 11 is 0. The average Bonchev–Trinajstić information content (AvgIpc) is 3.54. The summed E-state index contributed by atoms with van der Waals surface area (Å²) in [7, 11) is 0. The first-order valence-corrected chi connectivity index (χ1v) is 11.3. The van der Waals surface area contributed by atoms with E-state index >= 15 is 0 Å². The zero-order chi connectivity index (χ0) is 23.3. The maximum absolute atomic E-state index is 4.42. The van der Waals surface area contributed by atoms with E-state index in [-0.39, 0.29) is 21.1 Å².